The van der Waals surface area contributed by atoms with E-state index in [1.165, 1.54) is 7.11 Å². The Balaban J connectivity index is 2.26. The maximum Gasteiger partial charge on any atom is 0.241 e. The summed E-state index contributed by atoms with van der Waals surface area (Å²) in [6.07, 6.45) is 1.05. The van der Waals surface area contributed by atoms with Gasteiger partial charge in [-0.1, -0.05) is 12.1 Å². The van der Waals surface area contributed by atoms with Crippen LogP contribution in [0.5, 0.6) is 17.2 Å². The van der Waals surface area contributed by atoms with Gasteiger partial charge in [0.15, 0.2) is 0 Å². The number of para-hydroxylation sites is 2. The van der Waals surface area contributed by atoms with E-state index in [0.717, 1.165) is 10.6 Å². The second kappa shape index (κ2) is 10.2. The van der Waals surface area contributed by atoms with Crippen molar-refractivity contribution in [2.24, 2.45) is 0 Å². The maximum atomic E-state index is 12.8. The van der Waals surface area contributed by atoms with E-state index in [9.17, 15) is 13.2 Å². The third kappa shape index (κ3) is 5.79. The summed E-state index contributed by atoms with van der Waals surface area (Å²) in [5.74, 6) is 1.13. The first-order chi connectivity index (χ1) is 14.2. The van der Waals surface area contributed by atoms with Gasteiger partial charge < -0.3 is 19.5 Å². The number of rotatable bonds is 10. The Hall–Kier alpha value is -2.94. The molecule has 1 N–H and O–H groups in total. The molecule has 0 bridgehead atoms. The van der Waals surface area contributed by atoms with E-state index in [1.54, 1.807) is 63.4 Å². The number of anilines is 1. The molecule has 9 heteroatoms. The van der Waals surface area contributed by atoms with Gasteiger partial charge in [0.2, 0.25) is 15.9 Å². The van der Waals surface area contributed by atoms with Crippen LogP contribution in [0.25, 0.3) is 0 Å². The topological polar surface area (TPSA) is 94.2 Å². The fraction of sp³-hybridized carbons (Fsp3) is 0.381. The highest BCUT2D eigenvalue weighted by Gasteiger charge is 2.25. The van der Waals surface area contributed by atoms with Crippen molar-refractivity contribution in [2.45, 2.75) is 19.9 Å². The zero-order chi connectivity index (χ0) is 22.3. The van der Waals surface area contributed by atoms with Crippen molar-refractivity contribution in [2.75, 3.05) is 37.9 Å². The minimum Gasteiger partial charge on any atom is -0.497 e. The molecule has 0 saturated carbocycles. The van der Waals surface area contributed by atoms with Crippen LogP contribution >= 0.6 is 0 Å². The van der Waals surface area contributed by atoms with Crippen LogP contribution in [0.15, 0.2) is 42.5 Å². The number of nitrogens with one attached hydrogen (secondary N) is 1. The molecular weight excluding hydrogens is 408 g/mol. The molecule has 30 heavy (non-hydrogen) atoms. The number of carbonyl (C=O) groups is 1. The average Bonchev–Trinajstić information content (AvgIpc) is 2.71. The van der Waals surface area contributed by atoms with Gasteiger partial charge in [0.25, 0.3) is 0 Å². The summed E-state index contributed by atoms with van der Waals surface area (Å²) in [5.41, 5.74) is 1.02. The molecule has 1 atom stereocenters. The number of hydrogen-bond donors (Lipinski definition) is 1. The van der Waals surface area contributed by atoms with Gasteiger partial charge in [-0.25, -0.2) is 8.42 Å². The minimum absolute atomic E-state index is 0.309. The highest BCUT2D eigenvalue weighted by Crippen LogP contribution is 2.31. The Kier molecular flexibility index (Phi) is 7.93. The molecule has 2 aromatic carbocycles. The number of nitrogens with zero attached hydrogens (tertiary/aromatic N) is 1. The van der Waals surface area contributed by atoms with Gasteiger partial charge >= 0.3 is 0 Å². The lowest BCUT2D eigenvalue weighted by atomic mass is 10.1. The molecule has 0 saturated heterocycles. The second-order valence-electron chi connectivity index (χ2n) is 6.57. The van der Waals surface area contributed by atoms with Crippen molar-refractivity contribution in [1.29, 1.82) is 0 Å². The van der Waals surface area contributed by atoms with Crippen LogP contribution in [0.3, 0.4) is 0 Å². The second-order valence-corrected chi connectivity index (χ2v) is 8.47. The highest BCUT2D eigenvalue weighted by molar-refractivity contribution is 7.92. The molecule has 164 valence electrons. The summed E-state index contributed by atoms with van der Waals surface area (Å²) < 4.78 is 42.0. The standard InChI is InChI=1S/C21H28N2O6S/c1-6-29-20-10-8-7-9-18(20)23(30(5,25)26)14-21(24)22-15(2)17-13-16(27-3)11-12-19(17)28-4/h7-13,15H,6,14H2,1-5H3,(H,22,24)/t15-/m1/s1. The summed E-state index contributed by atoms with van der Waals surface area (Å²) in [7, 11) is -0.642. The number of methoxy groups -OCH3 is 2. The van der Waals surface area contributed by atoms with E-state index in [2.05, 4.69) is 5.32 Å². The lowest BCUT2D eigenvalue weighted by molar-refractivity contribution is -0.120. The molecule has 0 aliphatic carbocycles. The van der Waals surface area contributed by atoms with Crippen LogP contribution in [0.1, 0.15) is 25.5 Å². The Bertz CT molecular complexity index is 977. The molecule has 8 nitrogen and oxygen atoms in total. The third-order valence-electron chi connectivity index (χ3n) is 4.40. The van der Waals surface area contributed by atoms with Crippen molar-refractivity contribution in [3.05, 3.63) is 48.0 Å². The van der Waals surface area contributed by atoms with Crippen LogP contribution in [-0.2, 0) is 14.8 Å². The largest absolute Gasteiger partial charge is 0.497 e. The SMILES string of the molecule is CCOc1ccccc1N(CC(=O)N[C@H](C)c1cc(OC)ccc1OC)S(C)(=O)=O. The van der Waals surface area contributed by atoms with Crippen molar-refractivity contribution in [3.8, 4) is 17.2 Å². The monoisotopic (exact) mass is 436 g/mol. The molecule has 0 aromatic heterocycles. The molecule has 2 aromatic rings. The van der Waals surface area contributed by atoms with Crippen LogP contribution in [0, 0.1) is 0 Å². The maximum absolute atomic E-state index is 12.8. The van der Waals surface area contributed by atoms with Gasteiger partial charge in [0.05, 0.1) is 38.8 Å². The van der Waals surface area contributed by atoms with Crippen molar-refractivity contribution in [3.63, 3.8) is 0 Å². The predicted molar refractivity (Wildman–Crippen MR) is 116 cm³/mol. The summed E-state index contributed by atoms with van der Waals surface area (Å²) in [4.78, 5) is 12.8. The summed E-state index contributed by atoms with van der Waals surface area (Å²) >= 11 is 0. The number of ether oxygens (including phenoxy) is 3. The fourth-order valence-corrected chi connectivity index (χ4v) is 3.85. The summed E-state index contributed by atoms with van der Waals surface area (Å²) in [6.45, 7) is 3.57. The van der Waals surface area contributed by atoms with E-state index in [1.807, 2.05) is 0 Å². The third-order valence-corrected chi connectivity index (χ3v) is 5.53. The van der Waals surface area contributed by atoms with E-state index in [0.29, 0.717) is 35.1 Å². The van der Waals surface area contributed by atoms with Crippen molar-refractivity contribution < 1.29 is 27.4 Å². The van der Waals surface area contributed by atoms with Crippen molar-refractivity contribution >= 4 is 21.6 Å². The van der Waals surface area contributed by atoms with Gasteiger partial charge in [-0.15, -0.1) is 0 Å². The van der Waals surface area contributed by atoms with Gasteiger partial charge in [0.1, 0.15) is 23.8 Å². The normalized spacial score (nSPS) is 12.0. The molecular formula is C21H28N2O6S. The number of hydrogen-bond acceptors (Lipinski definition) is 6. The number of benzene rings is 2. The molecule has 0 radical (unpaired) electrons. The van der Waals surface area contributed by atoms with Gasteiger partial charge in [-0.2, -0.15) is 0 Å². The lowest BCUT2D eigenvalue weighted by Crippen LogP contribution is -2.41. The number of carbonyl (C=O) groups excluding carboxylic acids is 1. The van der Waals surface area contributed by atoms with E-state index in [-0.39, 0.29) is 6.54 Å². The van der Waals surface area contributed by atoms with Crippen LogP contribution < -0.4 is 23.8 Å². The molecule has 0 spiro atoms. The van der Waals surface area contributed by atoms with E-state index in [4.69, 9.17) is 14.2 Å². The summed E-state index contributed by atoms with van der Waals surface area (Å²) in [5, 5.41) is 2.82. The molecule has 0 heterocycles. The Morgan fingerprint density at radius 3 is 2.40 bits per heavy atom. The molecule has 0 aliphatic heterocycles. The van der Waals surface area contributed by atoms with Gasteiger partial charge in [-0.05, 0) is 44.2 Å². The fourth-order valence-electron chi connectivity index (χ4n) is 2.99. The smallest absolute Gasteiger partial charge is 0.241 e. The highest BCUT2D eigenvalue weighted by atomic mass is 32.2. The summed E-state index contributed by atoms with van der Waals surface area (Å²) in [6, 6.07) is 11.5. The van der Waals surface area contributed by atoms with Crippen molar-refractivity contribution in [1.82, 2.24) is 5.32 Å². The molecule has 0 aliphatic rings. The van der Waals surface area contributed by atoms with E-state index < -0.39 is 22.0 Å². The number of sulfonamides is 1. The quantitative estimate of drug-likeness (QED) is 0.616. The van der Waals surface area contributed by atoms with Crippen LogP contribution in [-0.4, -0.2) is 48.0 Å². The zero-order valence-corrected chi connectivity index (χ0v) is 18.7. The molecule has 0 unspecified atom stereocenters. The lowest BCUT2D eigenvalue weighted by Gasteiger charge is -2.25. The van der Waals surface area contributed by atoms with Gasteiger partial charge in [-0.3, -0.25) is 9.10 Å². The average molecular weight is 437 g/mol. The predicted octanol–water partition coefficient (Wildman–Crippen LogP) is 2.75. The van der Waals surface area contributed by atoms with E-state index >= 15 is 0 Å². The first kappa shape index (κ1) is 23.3. The molecule has 2 rings (SSSR count). The zero-order valence-electron chi connectivity index (χ0n) is 17.8. The minimum atomic E-state index is -3.73. The first-order valence-corrected chi connectivity index (χ1v) is 11.3. The number of amides is 1. The van der Waals surface area contributed by atoms with Crippen LogP contribution in [0.4, 0.5) is 5.69 Å². The Labute approximate surface area is 177 Å². The first-order valence-electron chi connectivity index (χ1n) is 9.42. The Morgan fingerprint density at radius 1 is 1.10 bits per heavy atom. The molecule has 1 amide bonds. The van der Waals surface area contributed by atoms with Crippen LogP contribution in [0.2, 0.25) is 0 Å². The Morgan fingerprint density at radius 2 is 1.80 bits per heavy atom. The van der Waals surface area contributed by atoms with Gasteiger partial charge in [0, 0.05) is 5.56 Å². The molecule has 0 fully saturated rings.